The molecule has 0 atom stereocenters. The van der Waals surface area contributed by atoms with Crippen LogP contribution in [0.2, 0.25) is 0 Å². The Kier molecular flexibility index (Phi) is 3.97. The molecule has 0 fully saturated rings. The monoisotopic (exact) mass is 313 g/mol. The van der Waals surface area contributed by atoms with E-state index in [4.69, 9.17) is 0 Å². The lowest BCUT2D eigenvalue weighted by Gasteiger charge is -2.15. The SMILES string of the molecule is CC(C)Nc1c(NC=O)nnc2cc(-c3cscn3)ccc12. The van der Waals surface area contributed by atoms with Gasteiger partial charge < -0.3 is 10.6 Å². The normalized spacial score (nSPS) is 10.9. The molecule has 2 aromatic heterocycles. The van der Waals surface area contributed by atoms with Gasteiger partial charge in [-0.1, -0.05) is 6.07 Å². The largest absolute Gasteiger partial charge is 0.379 e. The van der Waals surface area contributed by atoms with Gasteiger partial charge >= 0.3 is 0 Å². The van der Waals surface area contributed by atoms with Crippen LogP contribution in [-0.2, 0) is 4.79 Å². The van der Waals surface area contributed by atoms with Crippen LogP contribution in [-0.4, -0.2) is 27.6 Å². The van der Waals surface area contributed by atoms with Gasteiger partial charge in [0, 0.05) is 22.4 Å². The Balaban J connectivity index is 2.15. The van der Waals surface area contributed by atoms with Gasteiger partial charge in [0.1, 0.15) is 0 Å². The predicted octanol–water partition coefficient (Wildman–Crippen LogP) is 3.14. The number of nitrogens with one attached hydrogen (secondary N) is 2. The summed E-state index contributed by atoms with van der Waals surface area (Å²) in [5, 5.41) is 17.1. The average molecular weight is 313 g/mol. The maximum absolute atomic E-state index is 10.7. The molecule has 0 aliphatic heterocycles. The second-order valence-corrected chi connectivity index (χ2v) is 5.81. The molecule has 2 heterocycles. The number of hydrogen-bond acceptors (Lipinski definition) is 6. The van der Waals surface area contributed by atoms with E-state index in [1.807, 2.05) is 37.4 Å². The summed E-state index contributed by atoms with van der Waals surface area (Å²) in [6, 6.07) is 6.13. The molecule has 6 nitrogen and oxygen atoms in total. The third-order valence-electron chi connectivity index (χ3n) is 3.12. The van der Waals surface area contributed by atoms with Gasteiger partial charge in [-0.25, -0.2) is 4.98 Å². The zero-order valence-electron chi connectivity index (χ0n) is 12.2. The first-order valence-corrected chi connectivity index (χ1v) is 7.79. The molecule has 0 saturated heterocycles. The Labute approximate surface area is 131 Å². The van der Waals surface area contributed by atoms with Crippen molar-refractivity contribution in [3.05, 3.63) is 29.1 Å². The highest BCUT2D eigenvalue weighted by Gasteiger charge is 2.12. The summed E-state index contributed by atoms with van der Waals surface area (Å²) in [5.41, 5.74) is 5.24. The minimum atomic E-state index is 0.206. The van der Waals surface area contributed by atoms with E-state index in [2.05, 4.69) is 25.8 Å². The Bertz CT molecular complexity index is 801. The third-order valence-corrected chi connectivity index (χ3v) is 3.70. The van der Waals surface area contributed by atoms with Crippen molar-refractivity contribution >= 4 is 40.2 Å². The highest BCUT2D eigenvalue weighted by atomic mass is 32.1. The maximum Gasteiger partial charge on any atom is 0.212 e. The summed E-state index contributed by atoms with van der Waals surface area (Å²) in [5.74, 6) is 0.428. The number of amides is 1. The molecule has 1 aromatic carbocycles. The topological polar surface area (TPSA) is 79.8 Å². The fraction of sp³-hybridized carbons (Fsp3) is 0.200. The molecule has 7 heteroatoms. The van der Waals surface area contributed by atoms with Crippen LogP contribution in [0, 0.1) is 0 Å². The van der Waals surface area contributed by atoms with Gasteiger partial charge in [0.15, 0.2) is 5.82 Å². The van der Waals surface area contributed by atoms with Crippen molar-refractivity contribution in [2.45, 2.75) is 19.9 Å². The molecule has 0 spiro atoms. The van der Waals surface area contributed by atoms with E-state index >= 15 is 0 Å². The maximum atomic E-state index is 10.7. The van der Waals surface area contributed by atoms with Gasteiger partial charge in [0.25, 0.3) is 0 Å². The Hall–Kier alpha value is -2.54. The van der Waals surface area contributed by atoms with Crippen molar-refractivity contribution in [2.75, 3.05) is 10.6 Å². The second-order valence-electron chi connectivity index (χ2n) is 5.09. The second kappa shape index (κ2) is 6.07. The van der Waals surface area contributed by atoms with E-state index in [0.717, 1.165) is 27.8 Å². The first-order valence-electron chi connectivity index (χ1n) is 6.84. The van der Waals surface area contributed by atoms with Crippen LogP contribution in [0.25, 0.3) is 22.2 Å². The lowest BCUT2D eigenvalue weighted by atomic mass is 10.1. The summed E-state index contributed by atoms with van der Waals surface area (Å²) >= 11 is 1.55. The number of carbonyl (C=O) groups is 1. The molecule has 0 aliphatic carbocycles. The van der Waals surface area contributed by atoms with Crippen LogP contribution >= 0.6 is 11.3 Å². The highest BCUT2D eigenvalue weighted by Crippen LogP contribution is 2.31. The van der Waals surface area contributed by atoms with Crippen LogP contribution in [0.1, 0.15) is 13.8 Å². The number of carbonyl (C=O) groups excluding carboxylic acids is 1. The number of benzene rings is 1. The molecule has 3 aromatic rings. The Morgan fingerprint density at radius 2 is 2.14 bits per heavy atom. The van der Waals surface area contributed by atoms with Crippen molar-refractivity contribution in [1.82, 2.24) is 15.2 Å². The van der Waals surface area contributed by atoms with Crippen LogP contribution in [0.15, 0.2) is 29.1 Å². The number of rotatable bonds is 5. The number of fused-ring (bicyclic) bond motifs is 1. The Morgan fingerprint density at radius 1 is 1.27 bits per heavy atom. The standard InChI is InChI=1S/C15H15N5OS/c1-9(2)18-14-11-4-3-10(13-6-22-8-17-13)5-12(11)19-20-15(14)16-7-21/h3-9H,1-2H3,(H,18,19)(H,16,20,21). The molecule has 3 rings (SSSR count). The van der Waals surface area contributed by atoms with E-state index in [0.29, 0.717) is 12.2 Å². The lowest BCUT2D eigenvalue weighted by Crippen LogP contribution is -2.13. The summed E-state index contributed by atoms with van der Waals surface area (Å²) in [7, 11) is 0. The van der Waals surface area contributed by atoms with E-state index in [-0.39, 0.29) is 6.04 Å². The number of hydrogen-bond donors (Lipinski definition) is 2. The molecule has 0 unspecified atom stereocenters. The zero-order valence-corrected chi connectivity index (χ0v) is 13.0. The number of anilines is 2. The van der Waals surface area contributed by atoms with Crippen LogP contribution in [0.3, 0.4) is 0 Å². The average Bonchev–Trinajstić information content (AvgIpc) is 3.03. The smallest absolute Gasteiger partial charge is 0.212 e. The zero-order chi connectivity index (χ0) is 15.5. The van der Waals surface area contributed by atoms with E-state index in [1.54, 1.807) is 16.8 Å². The van der Waals surface area contributed by atoms with Gasteiger partial charge in [-0.2, -0.15) is 0 Å². The molecule has 22 heavy (non-hydrogen) atoms. The van der Waals surface area contributed by atoms with E-state index in [1.165, 1.54) is 0 Å². The quantitative estimate of drug-likeness (QED) is 0.707. The molecular formula is C15H15N5OS. The van der Waals surface area contributed by atoms with Crippen LogP contribution in [0.5, 0.6) is 0 Å². The van der Waals surface area contributed by atoms with E-state index < -0.39 is 0 Å². The van der Waals surface area contributed by atoms with Crippen molar-refractivity contribution in [2.24, 2.45) is 0 Å². The minimum Gasteiger partial charge on any atom is -0.379 e. The third kappa shape index (κ3) is 2.75. The van der Waals surface area contributed by atoms with Crippen LogP contribution in [0.4, 0.5) is 11.5 Å². The molecule has 2 N–H and O–H groups in total. The predicted molar refractivity (Wildman–Crippen MR) is 89.1 cm³/mol. The van der Waals surface area contributed by atoms with Gasteiger partial charge in [-0.15, -0.1) is 21.5 Å². The highest BCUT2D eigenvalue weighted by molar-refractivity contribution is 7.07. The van der Waals surface area contributed by atoms with Crippen molar-refractivity contribution < 1.29 is 4.79 Å². The number of aromatic nitrogens is 3. The van der Waals surface area contributed by atoms with Gasteiger partial charge in [-0.05, 0) is 26.0 Å². The van der Waals surface area contributed by atoms with E-state index in [9.17, 15) is 4.79 Å². The van der Waals surface area contributed by atoms with Gasteiger partial charge in [-0.3, -0.25) is 4.79 Å². The molecule has 112 valence electrons. The minimum absolute atomic E-state index is 0.206. The molecule has 0 radical (unpaired) electrons. The van der Waals surface area contributed by atoms with Crippen LogP contribution < -0.4 is 10.6 Å². The van der Waals surface area contributed by atoms with Gasteiger partial charge in [0.2, 0.25) is 6.41 Å². The van der Waals surface area contributed by atoms with Crippen molar-refractivity contribution in [3.8, 4) is 11.3 Å². The van der Waals surface area contributed by atoms with Crippen molar-refractivity contribution in [3.63, 3.8) is 0 Å². The summed E-state index contributed by atoms with van der Waals surface area (Å²) in [4.78, 5) is 15.1. The fourth-order valence-corrected chi connectivity index (χ4v) is 2.77. The van der Waals surface area contributed by atoms with Gasteiger partial charge in [0.05, 0.1) is 22.4 Å². The summed E-state index contributed by atoms with van der Waals surface area (Å²) < 4.78 is 0. The fourth-order valence-electron chi connectivity index (χ4n) is 2.21. The molecule has 0 saturated carbocycles. The molecular weight excluding hydrogens is 298 g/mol. The summed E-state index contributed by atoms with van der Waals surface area (Å²) in [6.07, 6.45) is 0.602. The molecule has 0 bridgehead atoms. The lowest BCUT2D eigenvalue weighted by molar-refractivity contribution is -0.105. The summed E-state index contributed by atoms with van der Waals surface area (Å²) in [6.45, 7) is 4.06. The Morgan fingerprint density at radius 3 is 2.82 bits per heavy atom. The molecule has 1 amide bonds. The number of thiazole rings is 1. The number of nitrogens with zero attached hydrogens (tertiary/aromatic N) is 3. The first-order chi connectivity index (χ1) is 10.7. The first kappa shape index (κ1) is 14.4. The van der Waals surface area contributed by atoms with Crippen molar-refractivity contribution in [1.29, 1.82) is 0 Å². The molecule has 0 aliphatic rings.